The Morgan fingerprint density at radius 1 is 0.980 bits per heavy atom. The molecule has 0 radical (unpaired) electrons. The molecule has 3 atom stereocenters. The Balaban J connectivity index is 1.43. The van der Waals surface area contributed by atoms with Gasteiger partial charge in [-0.2, -0.15) is 18.2 Å². The lowest BCUT2D eigenvalue weighted by Gasteiger charge is -2.43. The van der Waals surface area contributed by atoms with E-state index in [2.05, 4.69) is 42.9 Å². The van der Waals surface area contributed by atoms with E-state index in [9.17, 15) is 32.7 Å². The Bertz CT molecular complexity index is 1920. The average molecular weight is 719 g/mol. The molecule has 5 rings (SSSR count). The first-order valence-electron chi connectivity index (χ1n) is 16.1. The zero-order valence-electron chi connectivity index (χ0n) is 28.1. The van der Waals surface area contributed by atoms with Gasteiger partial charge in [0.1, 0.15) is 12.3 Å². The molecule has 10 nitrogen and oxygen atoms in total. The summed E-state index contributed by atoms with van der Waals surface area (Å²) >= 11 is 0. The zero-order valence-corrected chi connectivity index (χ0v) is 29.1. The van der Waals surface area contributed by atoms with Crippen LogP contribution >= 0.6 is 0 Å². The number of halogens is 3. The van der Waals surface area contributed by atoms with Crippen molar-refractivity contribution in [3.05, 3.63) is 119 Å². The van der Waals surface area contributed by atoms with Crippen LogP contribution < -0.4 is 26.7 Å². The largest absolute Gasteiger partial charge is 0.471 e. The number of nitrogens with zero attached hydrogens (tertiary/aromatic N) is 2. The minimum Gasteiger partial charge on any atom is -0.405 e. The fourth-order valence-electron chi connectivity index (χ4n) is 6.00. The second-order valence-corrected chi connectivity index (χ2v) is 17.2. The SMILES string of the molecule is CC(C)(C)[Si](OC[C@H]1O[C@@H](n2cc(C#CCNC(=O)C(F)(F)F)c(NC(=O)c3ccccc3)nc2=O)CC1O)(c1ccccc1)c1ccccc1. The summed E-state index contributed by atoms with van der Waals surface area (Å²) in [5.41, 5.74) is -0.615. The fourth-order valence-corrected chi connectivity index (χ4v) is 10.6. The summed E-state index contributed by atoms with van der Waals surface area (Å²) in [6.45, 7) is 5.69. The van der Waals surface area contributed by atoms with E-state index < -0.39 is 57.0 Å². The predicted octanol–water partition coefficient (Wildman–Crippen LogP) is 3.75. The number of hydrogen-bond donors (Lipinski definition) is 3. The maximum absolute atomic E-state index is 13.3. The van der Waals surface area contributed by atoms with E-state index in [1.165, 1.54) is 18.3 Å². The zero-order chi connectivity index (χ0) is 36.8. The van der Waals surface area contributed by atoms with Crippen LogP contribution in [0.5, 0.6) is 0 Å². The van der Waals surface area contributed by atoms with Gasteiger partial charge in [0.05, 0.1) is 24.8 Å². The first-order chi connectivity index (χ1) is 24.2. The van der Waals surface area contributed by atoms with Crippen LogP contribution in [-0.2, 0) is 14.0 Å². The maximum atomic E-state index is 13.3. The van der Waals surface area contributed by atoms with Gasteiger partial charge in [-0.1, -0.05) is 111 Å². The van der Waals surface area contributed by atoms with Gasteiger partial charge in [-0.25, -0.2) is 4.79 Å². The minimum atomic E-state index is -5.09. The summed E-state index contributed by atoms with van der Waals surface area (Å²) < 4.78 is 52.2. The number of carbonyl (C=O) groups excluding carboxylic acids is 2. The standard InChI is InChI=1S/C37H37F3N4O6Si/c1-36(2,3)51(27-17-9-5-10-18-27,28-19-11-6-12-20-28)49-24-30-29(45)22-31(50-30)44-23-26(16-13-21-41-34(47)37(38,39)40)32(43-35(44)48)42-33(46)25-14-7-4-8-15-25/h4-12,14-15,17-20,23,29-31,45H,21-22,24H2,1-3H3,(H,41,47)(H,42,43,46,48)/t29?,30-,31-/m1/s1. The molecule has 1 saturated heterocycles. The number of hydrogen-bond acceptors (Lipinski definition) is 7. The number of carbonyl (C=O) groups is 2. The van der Waals surface area contributed by atoms with Crippen molar-refractivity contribution >= 4 is 36.3 Å². The average Bonchev–Trinajstić information content (AvgIpc) is 3.47. The fraction of sp³-hybridized carbons (Fsp3) is 0.297. The number of amides is 2. The van der Waals surface area contributed by atoms with Gasteiger partial charge in [0, 0.05) is 18.2 Å². The van der Waals surface area contributed by atoms with E-state index in [0.29, 0.717) is 0 Å². The molecule has 3 N–H and O–H groups in total. The van der Waals surface area contributed by atoms with Crippen molar-refractivity contribution in [3.63, 3.8) is 0 Å². The molecular formula is C37H37F3N4O6Si. The van der Waals surface area contributed by atoms with Crippen LogP contribution in [0.1, 0.15) is 49.3 Å². The van der Waals surface area contributed by atoms with Crippen LogP contribution in [-0.4, -0.2) is 66.3 Å². The summed E-state index contributed by atoms with van der Waals surface area (Å²) in [4.78, 5) is 41.5. The Kier molecular flexibility index (Phi) is 11.3. The number of ether oxygens (including phenoxy) is 1. The number of anilines is 1. The number of aliphatic hydroxyl groups is 1. The molecule has 0 bridgehead atoms. The van der Waals surface area contributed by atoms with Gasteiger partial charge in [0.15, 0.2) is 5.82 Å². The minimum absolute atomic E-state index is 0.00388. The second-order valence-electron chi connectivity index (χ2n) is 12.9. The normalized spacial score (nSPS) is 17.7. The van der Waals surface area contributed by atoms with Crippen molar-refractivity contribution in [2.75, 3.05) is 18.5 Å². The van der Waals surface area contributed by atoms with Gasteiger partial charge in [-0.3, -0.25) is 14.2 Å². The molecule has 2 amide bonds. The number of alkyl halides is 3. The van der Waals surface area contributed by atoms with E-state index in [0.717, 1.165) is 14.9 Å². The number of aliphatic hydroxyl groups excluding tert-OH is 1. The van der Waals surface area contributed by atoms with Crippen molar-refractivity contribution < 1.29 is 37.0 Å². The lowest BCUT2D eigenvalue weighted by Crippen LogP contribution is -2.67. The molecule has 0 spiro atoms. The third-order valence-corrected chi connectivity index (χ3v) is 13.4. The third-order valence-electron chi connectivity index (χ3n) is 8.43. The van der Waals surface area contributed by atoms with Gasteiger partial charge in [0.2, 0.25) is 0 Å². The summed E-state index contributed by atoms with van der Waals surface area (Å²) in [5, 5.41) is 17.1. The molecule has 3 aromatic carbocycles. The van der Waals surface area contributed by atoms with E-state index >= 15 is 0 Å². The molecule has 14 heteroatoms. The van der Waals surface area contributed by atoms with E-state index in [1.807, 2.05) is 60.7 Å². The van der Waals surface area contributed by atoms with Gasteiger partial charge in [0.25, 0.3) is 14.2 Å². The highest BCUT2D eigenvalue weighted by atomic mass is 28.4. The summed E-state index contributed by atoms with van der Waals surface area (Å²) in [6.07, 6.45) is -6.75. The van der Waals surface area contributed by atoms with Crippen molar-refractivity contribution in [1.82, 2.24) is 14.9 Å². The lowest BCUT2D eigenvalue weighted by molar-refractivity contribution is -0.173. The van der Waals surface area contributed by atoms with Gasteiger partial charge in [-0.05, 0) is 27.5 Å². The Hall–Kier alpha value is -5.07. The number of nitrogens with one attached hydrogen (secondary N) is 2. The summed E-state index contributed by atoms with van der Waals surface area (Å²) in [7, 11) is -2.99. The van der Waals surface area contributed by atoms with Crippen molar-refractivity contribution in [1.29, 1.82) is 0 Å². The molecule has 1 aliphatic heterocycles. The molecule has 266 valence electrons. The smallest absolute Gasteiger partial charge is 0.405 e. The molecular weight excluding hydrogens is 682 g/mol. The second kappa shape index (κ2) is 15.4. The molecule has 1 fully saturated rings. The first-order valence-corrected chi connectivity index (χ1v) is 18.0. The van der Waals surface area contributed by atoms with Crippen LogP contribution in [0.4, 0.5) is 19.0 Å². The first kappa shape index (κ1) is 37.2. The highest BCUT2D eigenvalue weighted by Crippen LogP contribution is 2.38. The Labute approximate surface area is 293 Å². The van der Waals surface area contributed by atoms with Crippen molar-refractivity contribution in [2.45, 2.75) is 56.8 Å². The monoisotopic (exact) mass is 718 g/mol. The summed E-state index contributed by atoms with van der Waals surface area (Å²) in [5.74, 6) is 1.96. The topological polar surface area (TPSA) is 132 Å². The molecule has 4 aromatic rings. The highest BCUT2D eigenvalue weighted by molar-refractivity contribution is 6.99. The predicted molar refractivity (Wildman–Crippen MR) is 187 cm³/mol. The molecule has 0 saturated carbocycles. The molecule has 1 unspecified atom stereocenters. The number of rotatable bonds is 9. The lowest BCUT2D eigenvalue weighted by atomic mass is 10.2. The Morgan fingerprint density at radius 3 is 2.10 bits per heavy atom. The van der Waals surface area contributed by atoms with Crippen LogP contribution in [0.3, 0.4) is 0 Å². The molecule has 1 aliphatic rings. The summed E-state index contributed by atoms with van der Waals surface area (Å²) in [6, 6.07) is 28.0. The number of aromatic nitrogens is 2. The highest BCUT2D eigenvalue weighted by Gasteiger charge is 2.51. The molecule has 2 heterocycles. The third kappa shape index (κ3) is 8.46. The quantitative estimate of drug-likeness (QED) is 0.178. The van der Waals surface area contributed by atoms with Gasteiger partial charge in [-0.15, -0.1) is 0 Å². The van der Waals surface area contributed by atoms with Crippen LogP contribution in [0, 0.1) is 11.8 Å². The van der Waals surface area contributed by atoms with Crippen LogP contribution in [0.15, 0.2) is 102 Å². The van der Waals surface area contributed by atoms with E-state index in [-0.39, 0.29) is 35.0 Å². The van der Waals surface area contributed by atoms with Crippen molar-refractivity contribution in [2.24, 2.45) is 0 Å². The molecule has 51 heavy (non-hydrogen) atoms. The number of benzene rings is 3. The maximum Gasteiger partial charge on any atom is 0.471 e. The molecule has 0 aliphatic carbocycles. The Morgan fingerprint density at radius 2 is 1.55 bits per heavy atom. The van der Waals surface area contributed by atoms with Crippen molar-refractivity contribution in [3.8, 4) is 11.8 Å². The van der Waals surface area contributed by atoms with Crippen LogP contribution in [0.25, 0.3) is 0 Å². The van der Waals surface area contributed by atoms with Crippen LogP contribution in [0.2, 0.25) is 5.04 Å². The van der Waals surface area contributed by atoms with Gasteiger partial charge < -0.3 is 24.9 Å². The molecule has 1 aromatic heterocycles. The van der Waals surface area contributed by atoms with E-state index in [4.69, 9.17) is 9.16 Å². The van der Waals surface area contributed by atoms with Gasteiger partial charge >= 0.3 is 17.8 Å². The van der Waals surface area contributed by atoms with E-state index in [1.54, 1.807) is 23.5 Å².